The van der Waals surface area contributed by atoms with Crippen molar-refractivity contribution < 1.29 is 9.59 Å². The lowest BCUT2D eigenvalue weighted by atomic mass is 10.0. The molecule has 2 aromatic carbocycles. The molecule has 2 N–H and O–H groups in total. The fraction of sp³-hybridized carbons (Fsp3) is 0.273. The molecule has 0 aliphatic heterocycles. The van der Waals surface area contributed by atoms with Gasteiger partial charge in [0.15, 0.2) is 0 Å². The number of fused-ring (bicyclic) bond motifs is 1. The number of rotatable bonds is 5. The number of para-hydroxylation sites is 1. The number of carbonyl (C=O) groups is 2. The first-order valence-electron chi connectivity index (χ1n) is 9.09. The molecule has 0 aliphatic rings. The van der Waals surface area contributed by atoms with Gasteiger partial charge in [-0.2, -0.15) is 0 Å². The van der Waals surface area contributed by atoms with Crippen LogP contribution in [0.5, 0.6) is 0 Å². The van der Waals surface area contributed by atoms with Gasteiger partial charge in [-0.1, -0.05) is 25.1 Å². The van der Waals surface area contributed by atoms with Crippen LogP contribution in [-0.2, 0) is 7.05 Å². The quantitative estimate of drug-likeness (QED) is 0.708. The highest BCUT2D eigenvalue weighted by Crippen LogP contribution is 2.21. The van der Waals surface area contributed by atoms with Crippen molar-refractivity contribution in [3.8, 4) is 0 Å². The molecule has 27 heavy (non-hydrogen) atoms. The van der Waals surface area contributed by atoms with E-state index in [1.165, 1.54) is 0 Å². The fourth-order valence-corrected chi connectivity index (χ4v) is 2.89. The molecule has 0 unspecified atom stereocenters. The number of anilines is 1. The Hall–Kier alpha value is -3.08. The predicted octanol–water partition coefficient (Wildman–Crippen LogP) is 4.35. The van der Waals surface area contributed by atoms with Crippen molar-refractivity contribution in [1.82, 2.24) is 9.88 Å². The van der Waals surface area contributed by atoms with E-state index in [2.05, 4.69) is 10.6 Å². The molecule has 3 rings (SSSR count). The van der Waals surface area contributed by atoms with Crippen LogP contribution in [0.15, 0.2) is 54.7 Å². The summed E-state index contributed by atoms with van der Waals surface area (Å²) in [7, 11) is 1.92. The van der Waals surface area contributed by atoms with E-state index in [1.54, 1.807) is 24.3 Å². The van der Waals surface area contributed by atoms with Gasteiger partial charge in [-0.05, 0) is 50.6 Å². The molecule has 5 nitrogen and oxygen atoms in total. The van der Waals surface area contributed by atoms with Crippen molar-refractivity contribution in [1.29, 1.82) is 0 Å². The average molecular weight is 363 g/mol. The van der Waals surface area contributed by atoms with Crippen LogP contribution in [0.1, 0.15) is 47.9 Å². The Morgan fingerprint density at radius 2 is 1.67 bits per heavy atom. The topological polar surface area (TPSA) is 63.1 Å². The van der Waals surface area contributed by atoms with Gasteiger partial charge in [0.25, 0.3) is 11.8 Å². The number of nitrogens with zero attached hydrogens (tertiary/aromatic N) is 1. The molecule has 0 aliphatic carbocycles. The maximum atomic E-state index is 12.7. The Bertz CT molecular complexity index is 984. The van der Waals surface area contributed by atoms with Gasteiger partial charge in [-0.25, -0.2) is 0 Å². The highest BCUT2D eigenvalue weighted by Gasteiger charge is 2.19. The van der Waals surface area contributed by atoms with Gasteiger partial charge in [-0.15, -0.1) is 0 Å². The lowest BCUT2D eigenvalue weighted by Gasteiger charge is -2.24. The first-order valence-corrected chi connectivity index (χ1v) is 9.09. The SMILES string of the molecule is CCC(C)(C)NC(=O)c1ccc(NC(=O)c2cn(C)c3ccccc23)cc1. The molecule has 0 atom stereocenters. The number of carbonyl (C=O) groups excluding carboxylic acids is 2. The average Bonchev–Trinajstić information content (AvgIpc) is 2.99. The van der Waals surface area contributed by atoms with E-state index in [4.69, 9.17) is 0 Å². The van der Waals surface area contributed by atoms with Crippen molar-refractivity contribution >= 4 is 28.4 Å². The minimum atomic E-state index is -0.252. The third-order valence-corrected chi connectivity index (χ3v) is 4.88. The zero-order chi connectivity index (χ0) is 19.6. The summed E-state index contributed by atoms with van der Waals surface area (Å²) < 4.78 is 1.94. The van der Waals surface area contributed by atoms with Crippen LogP contribution in [0.25, 0.3) is 10.9 Å². The van der Waals surface area contributed by atoms with Crippen LogP contribution in [-0.4, -0.2) is 21.9 Å². The molecule has 0 fully saturated rings. The summed E-state index contributed by atoms with van der Waals surface area (Å²) in [5, 5.41) is 6.82. The monoisotopic (exact) mass is 363 g/mol. The van der Waals surface area contributed by atoms with Gasteiger partial charge in [0.1, 0.15) is 0 Å². The van der Waals surface area contributed by atoms with E-state index in [0.29, 0.717) is 16.8 Å². The molecule has 3 aromatic rings. The number of hydrogen-bond acceptors (Lipinski definition) is 2. The molecule has 140 valence electrons. The zero-order valence-electron chi connectivity index (χ0n) is 16.2. The van der Waals surface area contributed by atoms with Crippen molar-refractivity contribution in [3.05, 3.63) is 65.9 Å². The van der Waals surface area contributed by atoms with E-state index in [-0.39, 0.29) is 17.4 Å². The molecule has 0 bridgehead atoms. The zero-order valence-corrected chi connectivity index (χ0v) is 16.2. The van der Waals surface area contributed by atoms with Gasteiger partial charge >= 0.3 is 0 Å². The molecular formula is C22H25N3O2. The molecule has 0 radical (unpaired) electrons. The summed E-state index contributed by atoms with van der Waals surface area (Å²) in [5.41, 5.74) is 2.60. The Morgan fingerprint density at radius 3 is 2.33 bits per heavy atom. The highest BCUT2D eigenvalue weighted by molar-refractivity contribution is 6.13. The maximum absolute atomic E-state index is 12.7. The number of nitrogens with one attached hydrogen (secondary N) is 2. The first kappa shape index (κ1) is 18.7. The van der Waals surface area contributed by atoms with E-state index in [9.17, 15) is 9.59 Å². The second-order valence-electron chi connectivity index (χ2n) is 7.39. The van der Waals surface area contributed by atoms with Crippen LogP contribution in [0.2, 0.25) is 0 Å². The summed E-state index contributed by atoms with van der Waals surface area (Å²) in [6, 6.07) is 14.7. The van der Waals surface area contributed by atoms with E-state index in [1.807, 2.05) is 62.8 Å². The van der Waals surface area contributed by atoms with E-state index < -0.39 is 0 Å². The summed E-state index contributed by atoms with van der Waals surface area (Å²) in [6.07, 6.45) is 2.67. The number of benzene rings is 2. The Labute approximate surface area is 159 Å². The minimum absolute atomic E-state index is 0.117. The van der Waals surface area contributed by atoms with Gasteiger partial charge in [0.05, 0.1) is 5.56 Å². The summed E-state index contributed by atoms with van der Waals surface area (Å²) in [4.78, 5) is 25.0. The number of hydrogen-bond donors (Lipinski definition) is 2. The van der Waals surface area contributed by atoms with Crippen molar-refractivity contribution in [2.75, 3.05) is 5.32 Å². The second kappa shape index (κ2) is 7.27. The normalized spacial score (nSPS) is 11.4. The van der Waals surface area contributed by atoms with Crippen LogP contribution in [0, 0.1) is 0 Å². The third kappa shape index (κ3) is 4.03. The van der Waals surface area contributed by atoms with Crippen LogP contribution >= 0.6 is 0 Å². The van der Waals surface area contributed by atoms with Crippen LogP contribution in [0.4, 0.5) is 5.69 Å². The van der Waals surface area contributed by atoms with Gasteiger partial charge in [-0.3, -0.25) is 9.59 Å². The van der Waals surface area contributed by atoms with Gasteiger partial charge in [0, 0.05) is 40.9 Å². The predicted molar refractivity (Wildman–Crippen MR) is 109 cm³/mol. The summed E-state index contributed by atoms with van der Waals surface area (Å²) >= 11 is 0. The molecular weight excluding hydrogens is 338 g/mol. The Balaban J connectivity index is 1.74. The third-order valence-electron chi connectivity index (χ3n) is 4.88. The van der Waals surface area contributed by atoms with E-state index in [0.717, 1.165) is 17.3 Å². The lowest BCUT2D eigenvalue weighted by Crippen LogP contribution is -2.42. The van der Waals surface area contributed by atoms with Gasteiger partial charge < -0.3 is 15.2 Å². The number of amides is 2. The largest absolute Gasteiger partial charge is 0.350 e. The highest BCUT2D eigenvalue weighted by atomic mass is 16.2. The number of aromatic nitrogens is 1. The maximum Gasteiger partial charge on any atom is 0.257 e. The molecule has 0 saturated heterocycles. The molecule has 5 heteroatoms. The van der Waals surface area contributed by atoms with Crippen molar-refractivity contribution in [3.63, 3.8) is 0 Å². The van der Waals surface area contributed by atoms with Crippen LogP contribution < -0.4 is 10.6 Å². The molecule has 2 amide bonds. The van der Waals surface area contributed by atoms with E-state index >= 15 is 0 Å². The van der Waals surface area contributed by atoms with Gasteiger partial charge in [0.2, 0.25) is 0 Å². The van der Waals surface area contributed by atoms with Crippen molar-refractivity contribution in [2.45, 2.75) is 32.7 Å². The molecule has 1 aromatic heterocycles. The second-order valence-corrected chi connectivity index (χ2v) is 7.39. The molecule has 1 heterocycles. The summed E-state index contributed by atoms with van der Waals surface area (Å²) in [6.45, 7) is 6.01. The standard InChI is InChI=1S/C22H25N3O2/c1-5-22(2,3)24-20(26)15-10-12-16(13-11-15)23-21(27)18-14-25(4)19-9-7-6-8-17(18)19/h6-14H,5H2,1-4H3,(H,23,27)(H,24,26). The number of aryl methyl sites for hydroxylation is 1. The molecule has 0 saturated carbocycles. The molecule has 0 spiro atoms. The Morgan fingerprint density at radius 1 is 1.00 bits per heavy atom. The van der Waals surface area contributed by atoms with Crippen LogP contribution in [0.3, 0.4) is 0 Å². The first-order chi connectivity index (χ1) is 12.8. The smallest absolute Gasteiger partial charge is 0.257 e. The lowest BCUT2D eigenvalue weighted by molar-refractivity contribution is 0.0911. The Kier molecular flexibility index (Phi) is 5.04. The fourth-order valence-electron chi connectivity index (χ4n) is 2.89. The minimum Gasteiger partial charge on any atom is -0.350 e. The van der Waals surface area contributed by atoms with Crippen molar-refractivity contribution in [2.24, 2.45) is 7.05 Å². The summed E-state index contributed by atoms with van der Waals surface area (Å²) in [5.74, 6) is -0.287.